The monoisotopic (exact) mass is 422 g/mol. The minimum Gasteiger partial charge on any atom is -0.416 e. The summed E-state index contributed by atoms with van der Waals surface area (Å²) in [6.07, 6.45) is 0.566. The largest absolute Gasteiger partial charge is 0.416 e. The summed E-state index contributed by atoms with van der Waals surface area (Å²) in [6.45, 7) is 1.80. The highest BCUT2D eigenvalue weighted by atomic mass is 32.2. The van der Waals surface area contributed by atoms with E-state index in [1.54, 1.807) is 6.92 Å². The second kappa shape index (κ2) is 9.02. The minimum absolute atomic E-state index is 0.160. The first-order valence-electron chi connectivity index (χ1n) is 9.02. The predicted molar refractivity (Wildman–Crippen MR) is 115 cm³/mol. The Kier molecular flexibility index (Phi) is 6.02. The number of rotatable bonds is 7. The standard InChI is InChI=1S/C21H18N4O2S2/c1-14(29-21-25-24-18(27-21)12-15-8-4-2-5-9-15)19(26)23-20-22-17(13-28-20)16-10-6-3-7-11-16/h2-11,13-14H,12H2,1H3,(H,22,23,26)/t14-/m1/s1. The first-order valence-corrected chi connectivity index (χ1v) is 10.8. The maximum absolute atomic E-state index is 12.5. The molecular weight excluding hydrogens is 404 g/mol. The topological polar surface area (TPSA) is 80.9 Å². The van der Waals surface area contributed by atoms with Crippen molar-refractivity contribution in [2.45, 2.75) is 23.8 Å². The fourth-order valence-electron chi connectivity index (χ4n) is 2.61. The normalized spacial score (nSPS) is 11.9. The van der Waals surface area contributed by atoms with Gasteiger partial charge in [-0.25, -0.2) is 4.98 Å². The van der Waals surface area contributed by atoms with Crippen LogP contribution in [0.15, 0.2) is 75.7 Å². The molecule has 146 valence electrons. The van der Waals surface area contributed by atoms with E-state index in [1.165, 1.54) is 23.1 Å². The molecule has 4 aromatic rings. The van der Waals surface area contributed by atoms with Crippen LogP contribution in [-0.4, -0.2) is 26.3 Å². The fourth-order valence-corrected chi connectivity index (χ4v) is 4.04. The molecule has 0 unspecified atom stereocenters. The molecule has 0 radical (unpaired) electrons. The number of nitrogens with one attached hydrogen (secondary N) is 1. The van der Waals surface area contributed by atoms with Crippen LogP contribution in [-0.2, 0) is 11.2 Å². The van der Waals surface area contributed by atoms with Gasteiger partial charge in [-0.1, -0.05) is 72.4 Å². The Morgan fingerprint density at radius 2 is 1.83 bits per heavy atom. The molecule has 6 nitrogen and oxygen atoms in total. The van der Waals surface area contributed by atoms with Gasteiger partial charge in [0.25, 0.3) is 5.22 Å². The molecule has 0 aliphatic rings. The molecule has 0 bridgehead atoms. The molecule has 2 aromatic heterocycles. The maximum Gasteiger partial charge on any atom is 0.277 e. The number of amides is 1. The first-order chi connectivity index (χ1) is 14.2. The van der Waals surface area contributed by atoms with E-state index >= 15 is 0 Å². The van der Waals surface area contributed by atoms with Gasteiger partial charge in [-0.15, -0.1) is 21.5 Å². The molecule has 8 heteroatoms. The average molecular weight is 423 g/mol. The van der Waals surface area contributed by atoms with Crippen LogP contribution in [0.25, 0.3) is 11.3 Å². The van der Waals surface area contributed by atoms with Gasteiger partial charge in [-0.3, -0.25) is 4.79 Å². The highest BCUT2D eigenvalue weighted by Crippen LogP contribution is 2.27. The smallest absolute Gasteiger partial charge is 0.277 e. The Morgan fingerprint density at radius 3 is 2.59 bits per heavy atom. The Morgan fingerprint density at radius 1 is 1.10 bits per heavy atom. The van der Waals surface area contributed by atoms with Crippen molar-refractivity contribution >= 4 is 34.1 Å². The Bertz CT molecular complexity index is 1080. The van der Waals surface area contributed by atoms with Crippen LogP contribution in [0.1, 0.15) is 18.4 Å². The minimum atomic E-state index is -0.399. The third kappa shape index (κ3) is 5.10. The number of thiazole rings is 1. The number of carbonyl (C=O) groups is 1. The van der Waals surface area contributed by atoms with Crippen molar-refractivity contribution in [3.63, 3.8) is 0 Å². The second-order valence-electron chi connectivity index (χ2n) is 6.28. The third-order valence-corrected chi connectivity index (χ3v) is 5.79. The van der Waals surface area contributed by atoms with Crippen LogP contribution in [0.3, 0.4) is 0 Å². The lowest BCUT2D eigenvalue weighted by molar-refractivity contribution is -0.115. The summed E-state index contributed by atoms with van der Waals surface area (Å²) >= 11 is 2.63. The van der Waals surface area contributed by atoms with Crippen molar-refractivity contribution in [1.29, 1.82) is 0 Å². The highest BCUT2D eigenvalue weighted by Gasteiger charge is 2.19. The summed E-state index contributed by atoms with van der Waals surface area (Å²) in [5, 5.41) is 13.4. The number of hydrogen-bond donors (Lipinski definition) is 1. The Balaban J connectivity index is 1.34. The van der Waals surface area contributed by atoms with Crippen LogP contribution in [0, 0.1) is 0 Å². The van der Waals surface area contributed by atoms with Crippen LogP contribution < -0.4 is 5.32 Å². The maximum atomic E-state index is 12.5. The van der Waals surface area contributed by atoms with Crippen molar-refractivity contribution in [3.8, 4) is 11.3 Å². The van der Waals surface area contributed by atoms with Gasteiger partial charge in [0.2, 0.25) is 11.8 Å². The number of thioether (sulfide) groups is 1. The SMILES string of the molecule is C[C@@H](Sc1nnc(Cc2ccccc2)o1)C(=O)Nc1nc(-c2ccccc2)cs1. The number of anilines is 1. The summed E-state index contributed by atoms with van der Waals surface area (Å²) in [6, 6.07) is 19.8. The van der Waals surface area contributed by atoms with Crippen molar-refractivity contribution in [2.24, 2.45) is 0 Å². The lowest BCUT2D eigenvalue weighted by Gasteiger charge is -2.07. The summed E-state index contributed by atoms with van der Waals surface area (Å²) < 4.78 is 5.67. The molecular formula is C21H18N4O2S2. The Hall–Kier alpha value is -2.97. The zero-order valence-corrected chi connectivity index (χ0v) is 17.2. The summed E-state index contributed by atoms with van der Waals surface area (Å²) in [5.74, 6) is 0.366. The zero-order chi connectivity index (χ0) is 20.1. The molecule has 0 aliphatic carbocycles. The lowest BCUT2D eigenvalue weighted by atomic mass is 10.2. The summed E-state index contributed by atoms with van der Waals surface area (Å²) in [4.78, 5) is 17.0. The van der Waals surface area contributed by atoms with Crippen LogP contribution in [0.4, 0.5) is 5.13 Å². The van der Waals surface area contributed by atoms with E-state index in [0.717, 1.165) is 16.8 Å². The van der Waals surface area contributed by atoms with E-state index in [0.29, 0.717) is 22.7 Å². The molecule has 29 heavy (non-hydrogen) atoms. The van der Waals surface area contributed by atoms with E-state index in [1.807, 2.05) is 66.0 Å². The summed E-state index contributed by atoms with van der Waals surface area (Å²) in [7, 11) is 0. The summed E-state index contributed by atoms with van der Waals surface area (Å²) in [5.41, 5.74) is 2.95. The third-order valence-electron chi connectivity index (χ3n) is 4.10. The number of aromatic nitrogens is 3. The van der Waals surface area contributed by atoms with Gasteiger partial charge in [-0.05, 0) is 12.5 Å². The zero-order valence-electron chi connectivity index (χ0n) is 15.6. The average Bonchev–Trinajstić information content (AvgIpc) is 3.39. The second-order valence-corrected chi connectivity index (χ2v) is 8.43. The van der Waals surface area contributed by atoms with E-state index in [9.17, 15) is 4.79 Å². The molecule has 1 N–H and O–H groups in total. The molecule has 0 aliphatic heterocycles. The molecule has 0 fully saturated rings. The van der Waals surface area contributed by atoms with Crippen LogP contribution >= 0.6 is 23.1 Å². The lowest BCUT2D eigenvalue weighted by Crippen LogP contribution is -2.22. The Labute approximate surface area is 176 Å². The van der Waals surface area contributed by atoms with E-state index in [-0.39, 0.29) is 5.91 Å². The van der Waals surface area contributed by atoms with Gasteiger partial charge in [-0.2, -0.15) is 0 Å². The first kappa shape index (κ1) is 19.4. The van der Waals surface area contributed by atoms with Crippen LogP contribution in [0.2, 0.25) is 0 Å². The number of hydrogen-bond acceptors (Lipinski definition) is 7. The van der Waals surface area contributed by atoms with Crippen molar-refractivity contribution in [1.82, 2.24) is 15.2 Å². The van der Waals surface area contributed by atoms with Crippen molar-refractivity contribution < 1.29 is 9.21 Å². The van der Waals surface area contributed by atoms with E-state index in [2.05, 4.69) is 20.5 Å². The molecule has 0 saturated carbocycles. The molecule has 0 spiro atoms. The van der Waals surface area contributed by atoms with Gasteiger partial charge in [0.15, 0.2) is 5.13 Å². The van der Waals surface area contributed by atoms with Gasteiger partial charge in [0.05, 0.1) is 17.4 Å². The molecule has 4 rings (SSSR count). The molecule has 1 amide bonds. The molecule has 0 saturated heterocycles. The molecule has 2 heterocycles. The molecule has 1 atom stereocenters. The number of benzene rings is 2. The quantitative estimate of drug-likeness (QED) is 0.427. The van der Waals surface area contributed by atoms with Gasteiger partial charge in [0, 0.05) is 10.9 Å². The van der Waals surface area contributed by atoms with Crippen LogP contribution in [0.5, 0.6) is 0 Å². The van der Waals surface area contributed by atoms with Gasteiger partial charge >= 0.3 is 0 Å². The van der Waals surface area contributed by atoms with Crippen molar-refractivity contribution in [3.05, 3.63) is 77.5 Å². The fraction of sp³-hybridized carbons (Fsp3) is 0.143. The van der Waals surface area contributed by atoms with Gasteiger partial charge in [0.1, 0.15) is 0 Å². The highest BCUT2D eigenvalue weighted by molar-refractivity contribution is 8.00. The van der Waals surface area contributed by atoms with Crippen molar-refractivity contribution in [2.75, 3.05) is 5.32 Å². The van der Waals surface area contributed by atoms with Gasteiger partial charge < -0.3 is 9.73 Å². The molecule has 2 aromatic carbocycles. The van der Waals surface area contributed by atoms with E-state index < -0.39 is 5.25 Å². The predicted octanol–water partition coefficient (Wildman–Crippen LogP) is 4.90. The van der Waals surface area contributed by atoms with E-state index in [4.69, 9.17) is 4.42 Å². The number of nitrogens with zero attached hydrogens (tertiary/aromatic N) is 3. The number of carbonyl (C=O) groups excluding carboxylic acids is 1.